The van der Waals surface area contributed by atoms with Gasteiger partial charge in [-0.05, 0) is 30.5 Å². The zero-order valence-corrected chi connectivity index (χ0v) is 9.95. The van der Waals surface area contributed by atoms with Gasteiger partial charge in [-0.2, -0.15) is 0 Å². The van der Waals surface area contributed by atoms with Crippen molar-refractivity contribution in [2.45, 2.75) is 24.9 Å². The molecule has 1 atom stereocenters. The van der Waals surface area contributed by atoms with Crippen LogP contribution in [0.2, 0.25) is 5.02 Å². The van der Waals surface area contributed by atoms with Crippen molar-refractivity contribution in [3.05, 3.63) is 47.0 Å². The van der Waals surface area contributed by atoms with Crippen LogP contribution in [0.3, 0.4) is 0 Å². The van der Waals surface area contributed by atoms with Crippen LogP contribution in [0, 0.1) is 0 Å². The molecule has 0 heterocycles. The zero-order valence-electron chi connectivity index (χ0n) is 9.20. The number of nitrogens with one attached hydrogen (secondary N) is 1. The Labute approximate surface area is 101 Å². The van der Waals surface area contributed by atoms with E-state index in [0.29, 0.717) is 12.6 Å². The summed E-state index contributed by atoms with van der Waals surface area (Å²) in [5.41, 5.74) is 7.01. The van der Waals surface area contributed by atoms with Crippen molar-refractivity contribution in [3.8, 4) is 0 Å². The summed E-state index contributed by atoms with van der Waals surface area (Å²) in [6.07, 6.45) is 6.63. The average molecular weight is 237 g/mol. The second-order valence-corrected chi connectivity index (χ2v) is 4.58. The molecular weight excluding hydrogens is 220 g/mol. The Balaban J connectivity index is 2.01. The number of hydrogen-bond donors (Lipinski definition) is 2. The Kier molecular flexibility index (Phi) is 3.99. The molecule has 2 rings (SSSR count). The maximum absolute atomic E-state index is 5.87. The van der Waals surface area contributed by atoms with Gasteiger partial charge in [0.2, 0.25) is 0 Å². The second-order valence-electron chi connectivity index (χ2n) is 4.15. The van der Waals surface area contributed by atoms with Crippen molar-refractivity contribution in [1.29, 1.82) is 0 Å². The van der Waals surface area contributed by atoms with Crippen LogP contribution in [-0.4, -0.2) is 12.6 Å². The van der Waals surface area contributed by atoms with E-state index < -0.39 is 0 Å². The van der Waals surface area contributed by atoms with Crippen LogP contribution in [0.4, 0.5) is 0 Å². The van der Waals surface area contributed by atoms with Gasteiger partial charge in [0.1, 0.15) is 0 Å². The fraction of sp³-hybridized carbons (Fsp3) is 0.385. The molecule has 1 unspecified atom stereocenters. The normalized spacial score (nSPS) is 17.9. The molecule has 2 nitrogen and oxygen atoms in total. The lowest BCUT2D eigenvalue weighted by Gasteiger charge is -2.22. The van der Waals surface area contributed by atoms with Gasteiger partial charge in [0, 0.05) is 23.7 Å². The third-order valence-electron chi connectivity index (χ3n) is 2.95. The van der Waals surface area contributed by atoms with Gasteiger partial charge in [0.25, 0.3) is 0 Å². The number of nitrogens with two attached hydrogens (primary N) is 1. The van der Waals surface area contributed by atoms with E-state index in [-0.39, 0.29) is 6.04 Å². The highest BCUT2D eigenvalue weighted by Crippen LogP contribution is 2.19. The quantitative estimate of drug-likeness (QED) is 0.789. The van der Waals surface area contributed by atoms with Crippen molar-refractivity contribution in [2.24, 2.45) is 5.73 Å². The summed E-state index contributed by atoms with van der Waals surface area (Å²) in [6, 6.07) is 8.65. The lowest BCUT2D eigenvalue weighted by atomic mass is 10.1. The fourth-order valence-electron chi connectivity index (χ4n) is 2.03. The minimum atomic E-state index is 0.224. The van der Waals surface area contributed by atoms with E-state index in [2.05, 4.69) is 17.5 Å². The van der Waals surface area contributed by atoms with Crippen LogP contribution in [0.25, 0.3) is 0 Å². The van der Waals surface area contributed by atoms with E-state index in [1.165, 1.54) is 5.56 Å². The zero-order chi connectivity index (χ0) is 11.4. The van der Waals surface area contributed by atoms with Crippen LogP contribution in [0.15, 0.2) is 36.4 Å². The summed E-state index contributed by atoms with van der Waals surface area (Å²) >= 11 is 5.87. The van der Waals surface area contributed by atoms with Gasteiger partial charge < -0.3 is 11.1 Å². The summed E-state index contributed by atoms with van der Waals surface area (Å²) in [4.78, 5) is 0. The fourth-order valence-corrected chi connectivity index (χ4v) is 2.16. The van der Waals surface area contributed by atoms with E-state index in [1.807, 2.05) is 24.3 Å². The molecule has 0 aromatic heterocycles. The molecule has 0 saturated carbocycles. The van der Waals surface area contributed by atoms with Crippen molar-refractivity contribution in [3.63, 3.8) is 0 Å². The van der Waals surface area contributed by atoms with Crippen molar-refractivity contribution < 1.29 is 0 Å². The van der Waals surface area contributed by atoms with E-state index in [4.69, 9.17) is 17.3 Å². The molecule has 3 heteroatoms. The molecule has 0 fully saturated rings. The Hall–Kier alpha value is -0.830. The first kappa shape index (κ1) is 11.6. The first-order valence-corrected chi connectivity index (χ1v) is 6.04. The lowest BCUT2D eigenvalue weighted by Crippen LogP contribution is -2.35. The minimum absolute atomic E-state index is 0.224. The largest absolute Gasteiger partial charge is 0.329 e. The first-order valence-electron chi connectivity index (χ1n) is 5.66. The third-order valence-corrected chi connectivity index (χ3v) is 3.20. The topological polar surface area (TPSA) is 38.0 Å². The molecular formula is C13H17ClN2. The molecule has 3 N–H and O–H groups in total. The molecule has 1 aliphatic carbocycles. The number of benzene rings is 1. The van der Waals surface area contributed by atoms with Gasteiger partial charge in [0.15, 0.2) is 0 Å². The molecule has 1 aromatic rings. The van der Waals surface area contributed by atoms with Crippen LogP contribution in [0.5, 0.6) is 0 Å². The molecule has 0 aliphatic heterocycles. The maximum atomic E-state index is 5.87. The molecule has 16 heavy (non-hydrogen) atoms. The number of hydrogen-bond acceptors (Lipinski definition) is 2. The maximum Gasteiger partial charge on any atom is 0.0446 e. The number of rotatable bonds is 4. The van der Waals surface area contributed by atoms with E-state index in [9.17, 15) is 0 Å². The van der Waals surface area contributed by atoms with Gasteiger partial charge in [-0.3, -0.25) is 0 Å². The summed E-state index contributed by atoms with van der Waals surface area (Å²) in [5.74, 6) is 0. The summed E-state index contributed by atoms with van der Waals surface area (Å²) < 4.78 is 0. The van der Waals surface area contributed by atoms with Crippen molar-refractivity contribution in [2.75, 3.05) is 6.54 Å². The molecule has 0 radical (unpaired) electrons. The van der Waals surface area contributed by atoms with Crippen LogP contribution >= 0.6 is 11.6 Å². The lowest BCUT2D eigenvalue weighted by molar-refractivity contribution is 0.453. The SMILES string of the molecule is NCC(NC1CC=CC1)c1ccc(Cl)cc1. The summed E-state index contributed by atoms with van der Waals surface area (Å²) in [6.45, 7) is 0.609. The Bertz CT molecular complexity index is 351. The highest BCUT2D eigenvalue weighted by atomic mass is 35.5. The van der Waals surface area contributed by atoms with Crippen molar-refractivity contribution in [1.82, 2.24) is 5.32 Å². The molecule has 0 saturated heterocycles. The van der Waals surface area contributed by atoms with Gasteiger partial charge in [-0.15, -0.1) is 0 Å². The predicted octanol–water partition coefficient (Wildman–Crippen LogP) is 2.65. The summed E-state index contributed by atoms with van der Waals surface area (Å²) in [5, 5.41) is 4.34. The average Bonchev–Trinajstić information content (AvgIpc) is 2.80. The molecule has 0 bridgehead atoms. The van der Waals surface area contributed by atoms with Gasteiger partial charge >= 0.3 is 0 Å². The predicted molar refractivity (Wildman–Crippen MR) is 68.5 cm³/mol. The molecule has 1 aromatic carbocycles. The molecule has 0 spiro atoms. The minimum Gasteiger partial charge on any atom is -0.329 e. The third kappa shape index (κ3) is 2.85. The summed E-state index contributed by atoms with van der Waals surface area (Å²) in [7, 11) is 0. The Morgan fingerprint density at radius 1 is 1.25 bits per heavy atom. The number of halogens is 1. The van der Waals surface area contributed by atoms with Gasteiger partial charge in [-0.1, -0.05) is 35.9 Å². The molecule has 0 amide bonds. The van der Waals surface area contributed by atoms with Gasteiger partial charge in [0.05, 0.1) is 0 Å². The van der Waals surface area contributed by atoms with Crippen molar-refractivity contribution >= 4 is 11.6 Å². The van der Waals surface area contributed by atoms with E-state index in [1.54, 1.807) is 0 Å². The Morgan fingerprint density at radius 2 is 1.88 bits per heavy atom. The molecule has 86 valence electrons. The van der Waals surface area contributed by atoms with Gasteiger partial charge in [-0.25, -0.2) is 0 Å². The van der Waals surface area contributed by atoms with E-state index in [0.717, 1.165) is 17.9 Å². The Morgan fingerprint density at radius 3 is 2.44 bits per heavy atom. The standard InChI is InChI=1S/C13H17ClN2/c14-11-7-5-10(6-8-11)13(9-15)16-12-3-1-2-4-12/h1-2,5-8,12-13,16H,3-4,9,15H2. The van der Waals surface area contributed by atoms with E-state index >= 15 is 0 Å². The molecule has 1 aliphatic rings. The highest BCUT2D eigenvalue weighted by molar-refractivity contribution is 6.30. The van der Waals surface area contributed by atoms with Crippen LogP contribution in [0.1, 0.15) is 24.4 Å². The van der Waals surface area contributed by atoms with Crippen LogP contribution < -0.4 is 11.1 Å². The first-order chi connectivity index (χ1) is 7.79. The van der Waals surface area contributed by atoms with Crippen LogP contribution in [-0.2, 0) is 0 Å². The highest BCUT2D eigenvalue weighted by Gasteiger charge is 2.16. The smallest absolute Gasteiger partial charge is 0.0446 e. The monoisotopic (exact) mass is 236 g/mol. The second kappa shape index (κ2) is 5.48.